The maximum atomic E-state index is 10.4. The quantitative estimate of drug-likeness (QED) is 0.187. The Morgan fingerprint density at radius 3 is 2.29 bits per heavy atom. The molecule has 0 saturated carbocycles. The van der Waals surface area contributed by atoms with E-state index >= 15 is 0 Å². The summed E-state index contributed by atoms with van der Waals surface area (Å²) in [4.78, 5) is 14.3. The summed E-state index contributed by atoms with van der Waals surface area (Å²) in [5.41, 5.74) is 0.113. The molecule has 0 amide bonds. The Morgan fingerprint density at radius 2 is 1.82 bits per heavy atom. The third-order valence-corrected chi connectivity index (χ3v) is 4.54. The Kier molecular flexibility index (Phi) is 11.6. The first kappa shape index (κ1) is 16.5. The molecule has 0 N–H and O–H groups in total. The molecule has 1 atom stereocenters. The zero-order valence-corrected chi connectivity index (χ0v) is 12.7. The summed E-state index contributed by atoms with van der Waals surface area (Å²) in [5.74, 6) is -0.117. The number of aliphatic imine (C=N–C) groups is 1. The van der Waals surface area contributed by atoms with Crippen LogP contribution >= 0.6 is 0 Å². The fourth-order valence-corrected chi connectivity index (χ4v) is 3.61. The van der Waals surface area contributed by atoms with Gasteiger partial charge in [0.2, 0.25) is 6.08 Å². The maximum absolute atomic E-state index is 10.4. The van der Waals surface area contributed by atoms with E-state index in [1.54, 1.807) is 6.08 Å². The highest BCUT2D eigenvalue weighted by molar-refractivity contribution is 6.39. The van der Waals surface area contributed by atoms with Crippen molar-refractivity contribution >= 4 is 15.6 Å². The Morgan fingerprint density at radius 1 is 1.18 bits per heavy atom. The Bertz CT molecular complexity index is 214. The molecule has 0 aromatic rings. The molecule has 0 radical (unpaired) electrons. The first-order valence-electron chi connectivity index (χ1n) is 6.58. The minimum absolute atomic E-state index is 0.113. The first-order chi connectivity index (χ1) is 8.28. The normalized spacial score (nSPS) is 13.2. The van der Waals surface area contributed by atoms with E-state index in [4.69, 9.17) is 9.47 Å². The standard InChI is InChI=1S/C12H25NO3Si/c1-4-7-8-9-11(13-10-14)17-12(15-5-2)16-6-3/h11-12H,4-9,17H2,1-3H3. The smallest absolute Gasteiger partial charge is 0.234 e. The predicted octanol–water partition coefficient (Wildman–Crippen LogP) is 1.75. The highest BCUT2D eigenvalue weighted by atomic mass is 28.2. The maximum Gasteiger partial charge on any atom is 0.234 e. The lowest BCUT2D eigenvalue weighted by atomic mass is 10.2. The molecule has 0 rings (SSSR count). The number of isocyanates is 1. The monoisotopic (exact) mass is 259 g/mol. The Hall–Kier alpha value is -0.483. The van der Waals surface area contributed by atoms with Gasteiger partial charge < -0.3 is 9.47 Å². The van der Waals surface area contributed by atoms with E-state index in [1.165, 1.54) is 12.8 Å². The number of hydrogen-bond donors (Lipinski definition) is 0. The molecular weight excluding hydrogens is 234 g/mol. The van der Waals surface area contributed by atoms with Gasteiger partial charge in [0.25, 0.3) is 0 Å². The molecule has 5 heteroatoms. The van der Waals surface area contributed by atoms with E-state index in [-0.39, 0.29) is 11.6 Å². The van der Waals surface area contributed by atoms with E-state index in [1.807, 2.05) is 13.8 Å². The number of hydrogen-bond acceptors (Lipinski definition) is 4. The molecule has 1 unspecified atom stereocenters. The topological polar surface area (TPSA) is 47.9 Å². The molecule has 17 heavy (non-hydrogen) atoms. The Balaban J connectivity index is 4.12. The fourth-order valence-electron chi connectivity index (χ4n) is 1.72. The van der Waals surface area contributed by atoms with E-state index in [2.05, 4.69) is 11.9 Å². The summed E-state index contributed by atoms with van der Waals surface area (Å²) in [6.07, 6.45) is 6.13. The Labute approximate surface area is 107 Å². The molecule has 0 aromatic heterocycles. The summed E-state index contributed by atoms with van der Waals surface area (Å²) >= 11 is 0. The zero-order chi connectivity index (χ0) is 12.9. The molecule has 0 saturated heterocycles. The second kappa shape index (κ2) is 12.0. The summed E-state index contributed by atoms with van der Waals surface area (Å²) in [6.45, 7) is 7.36. The van der Waals surface area contributed by atoms with Crippen LogP contribution in [0.2, 0.25) is 0 Å². The molecule has 4 nitrogen and oxygen atoms in total. The van der Waals surface area contributed by atoms with Gasteiger partial charge in [-0.25, -0.2) is 9.79 Å². The van der Waals surface area contributed by atoms with Crippen LogP contribution in [0.3, 0.4) is 0 Å². The number of rotatable bonds is 11. The van der Waals surface area contributed by atoms with Gasteiger partial charge in [-0.15, -0.1) is 0 Å². The summed E-state index contributed by atoms with van der Waals surface area (Å²) in [6, 6.07) is 0. The highest BCUT2D eigenvalue weighted by Gasteiger charge is 2.17. The summed E-state index contributed by atoms with van der Waals surface area (Å²) in [5, 5.41) is 0. The molecule has 100 valence electrons. The van der Waals surface area contributed by atoms with Crippen LogP contribution in [0.5, 0.6) is 0 Å². The molecule has 0 spiro atoms. The lowest BCUT2D eigenvalue weighted by Gasteiger charge is -2.19. The van der Waals surface area contributed by atoms with Crippen molar-refractivity contribution in [3.05, 3.63) is 0 Å². The molecule has 0 heterocycles. The van der Waals surface area contributed by atoms with E-state index in [0.29, 0.717) is 13.2 Å². The molecule has 0 aliphatic heterocycles. The SMILES string of the molecule is CCCCCC(N=C=O)[SiH2]C(OCC)OCC. The van der Waals surface area contributed by atoms with Crippen molar-refractivity contribution in [2.24, 2.45) is 4.99 Å². The second-order valence-corrected chi connectivity index (χ2v) is 6.03. The first-order valence-corrected chi connectivity index (χ1v) is 8.21. The van der Waals surface area contributed by atoms with Crippen molar-refractivity contribution < 1.29 is 14.3 Å². The van der Waals surface area contributed by atoms with Crippen LogP contribution in [0.15, 0.2) is 4.99 Å². The van der Waals surface area contributed by atoms with Gasteiger partial charge in [-0.05, 0) is 20.3 Å². The van der Waals surface area contributed by atoms with Crippen LogP contribution in [-0.4, -0.2) is 40.4 Å². The van der Waals surface area contributed by atoms with Crippen LogP contribution in [0, 0.1) is 0 Å². The summed E-state index contributed by atoms with van der Waals surface area (Å²) in [7, 11) is -0.695. The number of ether oxygens (including phenoxy) is 2. The van der Waals surface area contributed by atoms with Crippen molar-refractivity contribution in [1.82, 2.24) is 0 Å². The zero-order valence-electron chi connectivity index (χ0n) is 11.3. The van der Waals surface area contributed by atoms with Gasteiger partial charge in [-0.2, -0.15) is 0 Å². The van der Waals surface area contributed by atoms with Crippen LogP contribution in [0.1, 0.15) is 46.5 Å². The van der Waals surface area contributed by atoms with Crippen LogP contribution in [-0.2, 0) is 14.3 Å². The van der Waals surface area contributed by atoms with Gasteiger partial charge in [-0.1, -0.05) is 26.2 Å². The van der Waals surface area contributed by atoms with Gasteiger partial charge in [0.15, 0.2) is 0 Å². The minimum Gasteiger partial charge on any atom is -0.357 e. The lowest BCUT2D eigenvalue weighted by Crippen LogP contribution is -2.32. The minimum atomic E-state index is -0.695. The molecule has 0 bridgehead atoms. The van der Waals surface area contributed by atoms with Crippen LogP contribution in [0.4, 0.5) is 0 Å². The molecule has 0 aliphatic carbocycles. The van der Waals surface area contributed by atoms with E-state index in [9.17, 15) is 4.79 Å². The molecule has 0 fully saturated rings. The number of nitrogens with zero attached hydrogens (tertiary/aromatic N) is 1. The molecular formula is C12H25NO3Si. The largest absolute Gasteiger partial charge is 0.357 e. The second-order valence-electron chi connectivity index (χ2n) is 3.95. The number of carbonyl (C=O) groups excluding carboxylic acids is 1. The predicted molar refractivity (Wildman–Crippen MR) is 71.6 cm³/mol. The van der Waals surface area contributed by atoms with E-state index < -0.39 is 9.52 Å². The van der Waals surface area contributed by atoms with Crippen molar-refractivity contribution in [3.63, 3.8) is 0 Å². The van der Waals surface area contributed by atoms with Gasteiger partial charge >= 0.3 is 0 Å². The summed E-state index contributed by atoms with van der Waals surface area (Å²) < 4.78 is 11.0. The third kappa shape index (κ3) is 9.24. The van der Waals surface area contributed by atoms with Gasteiger partial charge in [0, 0.05) is 13.2 Å². The molecule has 0 aliphatic rings. The van der Waals surface area contributed by atoms with E-state index in [0.717, 1.165) is 12.8 Å². The van der Waals surface area contributed by atoms with Crippen molar-refractivity contribution in [2.75, 3.05) is 13.2 Å². The van der Waals surface area contributed by atoms with Crippen molar-refractivity contribution in [1.29, 1.82) is 0 Å². The third-order valence-electron chi connectivity index (χ3n) is 2.55. The number of unbranched alkanes of at least 4 members (excludes halogenated alkanes) is 2. The van der Waals surface area contributed by atoms with Gasteiger partial charge in [0.05, 0.1) is 5.67 Å². The van der Waals surface area contributed by atoms with Crippen molar-refractivity contribution in [3.8, 4) is 0 Å². The molecule has 0 aromatic carbocycles. The van der Waals surface area contributed by atoms with Crippen LogP contribution < -0.4 is 0 Å². The fraction of sp³-hybridized carbons (Fsp3) is 0.917. The average molecular weight is 259 g/mol. The lowest BCUT2D eigenvalue weighted by molar-refractivity contribution is -0.0833. The highest BCUT2D eigenvalue weighted by Crippen LogP contribution is 2.08. The average Bonchev–Trinajstić information content (AvgIpc) is 2.30. The van der Waals surface area contributed by atoms with Crippen LogP contribution in [0.25, 0.3) is 0 Å². The van der Waals surface area contributed by atoms with Crippen molar-refractivity contribution in [2.45, 2.75) is 58.0 Å². The van der Waals surface area contributed by atoms with Gasteiger partial charge in [-0.3, -0.25) is 0 Å². The van der Waals surface area contributed by atoms with Gasteiger partial charge in [0.1, 0.15) is 15.4 Å².